The zero-order valence-corrected chi connectivity index (χ0v) is 17.8. The first-order valence-electron chi connectivity index (χ1n) is 10.2. The van der Waals surface area contributed by atoms with Crippen molar-refractivity contribution in [2.45, 2.75) is 26.1 Å². The van der Waals surface area contributed by atoms with Crippen LogP contribution in [0.3, 0.4) is 0 Å². The molecule has 0 fully saturated rings. The summed E-state index contributed by atoms with van der Waals surface area (Å²) in [5.74, 6) is 0.0127. The third kappa shape index (κ3) is 4.56. The highest BCUT2D eigenvalue weighted by molar-refractivity contribution is 6.04. The van der Waals surface area contributed by atoms with Crippen LogP contribution in [-0.2, 0) is 17.9 Å². The zero-order valence-electron chi connectivity index (χ0n) is 17.8. The molecule has 2 amide bonds. The summed E-state index contributed by atoms with van der Waals surface area (Å²) in [5, 5.41) is 2.72. The predicted molar refractivity (Wildman–Crippen MR) is 118 cm³/mol. The summed E-state index contributed by atoms with van der Waals surface area (Å²) in [4.78, 5) is 27.1. The summed E-state index contributed by atoms with van der Waals surface area (Å²) in [6.07, 6.45) is -0.652. The number of fused-ring (bicyclic) bond motifs is 1. The third-order valence-electron chi connectivity index (χ3n) is 5.27. The van der Waals surface area contributed by atoms with E-state index in [4.69, 9.17) is 9.47 Å². The van der Waals surface area contributed by atoms with E-state index in [0.717, 1.165) is 11.1 Å². The van der Waals surface area contributed by atoms with Gasteiger partial charge in [-0.15, -0.1) is 0 Å². The topological polar surface area (TPSA) is 67.9 Å². The molecule has 1 N–H and O–H groups in total. The number of hydrogen-bond donors (Lipinski definition) is 1. The van der Waals surface area contributed by atoms with Gasteiger partial charge in [-0.3, -0.25) is 9.59 Å². The van der Waals surface area contributed by atoms with Crippen molar-refractivity contribution in [2.24, 2.45) is 0 Å². The van der Waals surface area contributed by atoms with Crippen LogP contribution in [0.4, 0.5) is 10.1 Å². The highest BCUT2D eigenvalue weighted by Gasteiger charge is 2.28. The molecule has 0 aromatic heterocycles. The number of anilines is 1. The molecule has 1 aliphatic rings. The molecule has 0 saturated heterocycles. The number of halogens is 1. The molecule has 7 heteroatoms. The van der Waals surface area contributed by atoms with E-state index in [0.29, 0.717) is 30.3 Å². The van der Waals surface area contributed by atoms with Crippen LogP contribution in [0.5, 0.6) is 11.5 Å². The SMILES string of the molecule is COc1cccc(CN2Cc3cc(NC(=O)c4ccccc4F)ccc3OC(C)C2=O)c1. The average molecular weight is 434 g/mol. The molecule has 1 aliphatic heterocycles. The van der Waals surface area contributed by atoms with Gasteiger partial charge in [0.1, 0.15) is 17.3 Å². The van der Waals surface area contributed by atoms with E-state index >= 15 is 0 Å². The van der Waals surface area contributed by atoms with E-state index < -0.39 is 17.8 Å². The first-order chi connectivity index (χ1) is 15.4. The van der Waals surface area contributed by atoms with Crippen LogP contribution in [0, 0.1) is 5.82 Å². The largest absolute Gasteiger partial charge is 0.497 e. The number of ether oxygens (including phenoxy) is 2. The molecule has 0 saturated carbocycles. The molecule has 0 bridgehead atoms. The quantitative estimate of drug-likeness (QED) is 0.647. The van der Waals surface area contributed by atoms with Crippen molar-refractivity contribution in [1.29, 1.82) is 0 Å². The van der Waals surface area contributed by atoms with E-state index in [-0.39, 0.29) is 11.5 Å². The molecule has 6 nitrogen and oxygen atoms in total. The van der Waals surface area contributed by atoms with E-state index in [1.54, 1.807) is 43.2 Å². The number of carbonyl (C=O) groups excluding carboxylic acids is 2. The van der Waals surface area contributed by atoms with Crippen LogP contribution in [0.2, 0.25) is 0 Å². The summed E-state index contributed by atoms with van der Waals surface area (Å²) in [7, 11) is 1.60. The fourth-order valence-electron chi connectivity index (χ4n) is 3.65. The summed E-state index contributed by atoms with van der Waals surface area (Å²) in [6.45, 7) is 2.40. The van der Waals surface area contributed by atoms with E-state index in [2.05, 4.69) is 5.32 Å². The van der Waals surface area contributed by atoms with E-state index in [1.807, 2.05) is 24.3 Å². The number of amides is 2. The van der Waals surface area contributed by atoms with Gasteiger partial charge < -0.3 is 19.7 Å². The molecule has 164 valence electrons. The normalized spacial score (nSPS) is 15.4. The number of nitrogens with zero attached hydrogens (tertiary/aromatic N) is 1. The molecule has 32 heavy (non-hydrogen) atoms. The minimum atomic E-state index is -0.652. The summed E-state index contributed by atoms with van der Waals surface area (Å²) in [6, 6.07) is 18.5. The van der Waals surface area contributed by atoms with Gasteiger partial charge in [-0.05, 0) is 55.0 Å². The van der Waals surface area contributed by atoms with Crippen LogP contribution in [0.15, 0.2) is 66.7 Å². The lowest BCUT2D eigenvalue weighted by Gasteiger charge is -2.22. The molecular weight excluding hydrogens is 411 g/mol. The Balaban J connectivity index is 1.57. The van der Waals surface area contributed by atoms with Gasteiger partial charge in [0.15, 0.2) is 6.10 Å². The molecule has 4 rings (SSSR count). The smallest absolute Gasteiger partial charge is 0.263 e. The van der Waals surface area contributed by atoms with Crippen LogP contribution >= 0.6 is 0 Å². The lowest BCUT2D eigenvalue weighted by molar-refractivity contribution is -0.138. The van der Waals surface area contributed by atoms with Crippen LogP contribution in [0.1, 0.15) is 28.4 Å². The van der Waals surface area contributed by atoms with Crippen LogP contribution in [-0.4, -0.2) is 29.9 Å². The van der Waals surface area contributed by atoms with Crippen molar-refractivity contribution < 1.29 is 23.5 Å². The predicted octanol–water partition coefficient (Wildman–Crippen LogP) is 4.40. The number of methoxy groups -OCH3 is 1. The Labute approximate surface area is 185 Å². The number of nitrogens with one attached hydrogen (secondary N) is 1. The molecule has 0 spiro atoms. The number of benzene rings is 3. The Hall–Kier alpha value is -3.87. The Bertz CT molecular complexity index is 1160. The molecule has 0 aliphatic carbocycles. The number of rotatable bonds is 5. The lowest BCUT2D eigenvalue weighted by atomic mass is 10.1. The van der Waals surface area contributed by atoms with Crippen LogP contribution in [0.25, 0.3) is 0 Å². The maximum absolute atomic E-state index is 13.9. The summed E-state index contributed by atoms with van der Waals surface area (Å²) < 4.78 is 25.1. The van der Waals surface area contributed by atoms with Gasteiger partial charge in [-0.1, -0.05) is 24.3 Å². The highest BCUT2D eigenvalue weighted by Crippen LogP contribution is 2.30. The number of carbonyl (C=O) groups is 2. The Morgan fingerprint density at radius 1 is 1.16 bits per heavy atom. The van der Waals surface area contributed by atoms with E-state index in [1.165, 1.54) is 18.2 Å². The van der Waals surface area contributed by atoms with E-state index in [9.17, 15) is 14.0 Å². The van der Waals surface area contributed by atoms with Crippen molar-refractivity contribution in [3.63, 3.8) is 0 Å². The number of hydrogen-bond acceptors (Lipinski definition) is 4. The molecule has 0 radical (unpaired) electrons. The van der Waals surface area contributed by atoms with Gasteiger partial charge in [-0.2, -0.15) is 0 Å². The van der Waals surface area contributed by atoms with Crippen molar-refractivity contribution in [3.8, 4) is 11.5 Å². The van der Waals surface area contributed by atoms with Gasteiger partial charge in [0, 0.05) is 24.3 Å². The molecule has 1 atom stereocenters. The summed E-state index contributed by atoms with van der Waals surface area (Å²) in [5.41, 5.74) is 2.13. The maximum atomic E-state index is 13.9. The van der Waals surface area contributed by atoms with Gasteiger partial charge in [0.25, 0.3) is 11.8 Å². The van der Waals surface area contributed by atoms with Crippen molar-refractivity contribution in [2.75, 3.05) is 12.4 Å². The van der Waals surface area contributed by atoms with Gasteiger partial charge in [-0.25, -0.2) is 4.39 Å². The molecule has 3 aromatic carbocycles. The average Bonchev–Trinajstić information content (AvgIpc) is 2.90. The van der Waals surface area contributed by atoms with Gasteiger partial charge >= 0.3 is 0 Å². The molecule has 3 aromatic rings. The zero-order chi connectivity index (χ0) is 22.7. The first-order valence-corrected chi connectivity index (χ1v) is 10.2. The van der Waals surface area contributed by atoms with Crippen molar-refractivity contribution >= 4 is 17.5 Å². The Morgan fingerprint density at radius 3 is 2.75 bits per heavy atom. The second-order valence-corrected chi connectivity index (χ2v) is 7.56. The van der Waals surface area contributed by atoms with Crippen molar-refractivity contribution in [3.05, 3.63) is 89.2 Å². The maximum Gasteiger partial charge on any atom is 0.263 e. The minimum absolute atomic E-state index is 0.0397. The Morgan fingerprint density at radius 2 is 1.97 bits per heavy atom. The summed E-state index contributed by atoms with van der Waals surface area (Å²) >= 11 is 0. The fraction of sp³-hybridized carbons (Fsp3) is 0.200. The minimum Gasteiger partial charge on any atom is -0.497 e. The fourth-order valence-corrected chi connectivity index (χ4v) is 3.65. The molecule has 1 unspecified atom stereocenters. The first kappa shape index (κ1) is 21.4. The van der Waals surface area contributed by atoms with Gasteiger partial charge in [0.05, 0.1) is 12.7 Å². The van der Waals surface area contributed by atoms with Crippen LogP contribution < -0.4 is 14.8 Å². The monoisotopic (exact) mass is 434 g/mol. The molecular formula is C25H23FN2O4. The van der Waals surface area contributed by atoms with Crippen molar-refractivity contribution in [1.82, 2.24) is 4.90 Å². The highest BCUT2D eigenvalue weighted by atomic mass is 19.1. The lowest BCUT2D eigenvalue weighted by Crippen LogP contribution is -2.37. The second kappa shape index (κ2) is 9.09. The third-order valence-corrected chi connectivity index (χ3v) is 5.27. The molecule has 1 heterocycles. The second-order valence-electron chi connectivity index (χ2n) is 7.56. The Kier molecular flexibility index (Phi) is 6.07. The standard InChI is InChI=1S/C25H23FN2O4/c1-16-25(30)28(14-17-6-5-7-20(12-17)31-2)15-18-13-19(10-11-23(18)32-16)27-24(29)21-8-3-4-9-22(21)26/h3-13,16H,14-15H2,1-2H3,(H,27,29). The van der Waals surface area contributed by atoms with Gasteiger partial charge in [0.2, 0.25) is 0 Å².